The van der Waals surface area contributed by atoms with Crippen molar-refractivity contribution in [1.29, 1.82) is 0 Å². The van der Waals surface area contributed by atoms with Crippen molar-refractivity contribution in [3.63, 3.8) is 0 Å². The predicted molar refractivity (Wildman–Crippen MR) is 158 cm³/mol. The number of nitrogens with zero attached hydrogens (tertiary/aromatic N) is 3. The number of carbonyl (C=O) groups excluding carboxylic acids is 1. The highest BCUT2D eigenvalue weighted by atomic mass is 16.5. The number of aryl methyl sites for hydroxylation is 1. The Labute approximate surface area is 239 Å². The average molecular weight is 556 g/mol. The summed E-state index contributed by atoms with van der Waals surface area (Å²) in [6.45, 7) is 6.20. The van der Waals surface area contributed by atoms with Gasteiger partial charge in [0.05, 0.1) is 55.8 Å². The smallest absolute Gasteiger partial charge is 0.252 e. The number of amides is 1. The summed E-state index contributed by atoms with van der Waals surface area (Å²) >= 11 is 0. The zero-order chi connectivity index (χ0) is 28.3. The van der Waals surface area contributed by atoms with Gasteiger partial charge in [-0.05, 0) is 48.6 Å². The number of methoxy groups -OCH3 is 1. The maximum Gasteiger partial charge on any atom is 0.252 e. The second-order valence-corrected chi connectivity index (χ2v) is 11.1. The van der Waals surface area contributed by atoms with Crippen LogP contribution in [0.4, 0.5) is 0 Å². The lowest BCUT2D eigenvalue weighted by Gasteiger charge is -2.26. The number of morpholine rings is 1. The summed E-state index contributed by atoms with van der Waals surface area (Å²) in [5.41, 5.74) is 5.67. The van der Waals surface area contributed by atoms with Crippen LogP contribution in [0.1, 0.15) is 58.9 Å². The van der Waals surface area contributed by atoms with Crippen LogP contribution >= 0.6 is 0 Å². The number of nitrogens with one attached hydrogen (secondary N) is 2. The van der Waals surface area contributed by atoms with Gasteiger partial charge < -0.3 is 19.8 Å². The van der Waals surface area contributed by atoms with Gasteiger partial charge >= 0.3 is 0 Å². The number of aromatic amines is 1. The van der Waals surface area contributed by atoms with Crippen molar-refractivity contribution >= 4 is 16.8 Å². The van der Waals surface area contributed by atoms with E-state index in [0.717, 1.165) is 67.7 Å². The standard InChI is InChI=1S/C32H37N5O4/c1-21-15-30(38)28(32(35-21)40-2)18-33-31(39)26-16-24(17-29-27(26)19-34-37(29)25-5-3-4-6-25)23-9-7-22(8-10-23)20-36-11-13-41-14-12-36/h7-10,15-17,19,25H,3-6,11-14,18,20H2,1-2H3,(H,33,39)(H,35,38). The second kappa shape index (κ2) is 11.9. The fourth-order valence-electron chi connectivity index (χ4n) is 6.05. The number of H-pyrrole nitrogens is 1. The third-order valence-electron chi connectivity index (χ3n) is 8.29. The molecule has 9 nitrogen and oxygen atoms in total. The first-order chi connectivity index (χ1) is 20.0. The summed E-state index contributed by atoms with van der Waals surface area (Å²) in [6.07, 6.45) is 6.37. The number of hydrogen-bond donors (Lipinski definition) is 2. The zero-order valence-electron chi connectivity index (χ0n) is 23.7. The van der Waals surface area contributed by atoms with E-state index in [1.54, 1.807) is 13.1 Å². The molecule has 9 heteroatoms. The highest BCUT2D eigenvalue weighted by Crippen LogP contribution is 2.35. The molecule has 0 radical (unpaired) electrons. The molecule has 214 valence electrons. The molecule has 6 rings (SSSR count). The van der Waals surface area contributed by atoms with Crippen LogP contribution in [0.3, 0.4) is 0 Å². The molecular weight excluding hydrogens is 518 g/mol. The molecule has 2 fully saturated rings. The fourth-order valence-corrected chi connectivity index (χ4v) is 6.05. The zero-order valence-corrected chi connectivity index (χ0v) is 23.7. The van der Waals surface area contributed by atoms with Gasteiger partial charge in [-0.3, -0.25) is 19.2 Å². The van der Waals surface area contributed by atoms with Gasteiger partial charge in [0, 0.05) is 36.8 Å². The van der Waals surface area contributed by atoms with E-state index in [4.69, 9.17) is 14.6 Å². The molecule has 2 aromatic heterocycles. The van der Waals surface area contributed by atoms with Gasteiger partial charge in [-0.25, -0.2) is 0 Å². The molecule has 4 aromatic rings. The Morgan fingerprint density at radius 3 is 2.59 bits per heavy atom. The molecule has 3 heterocycles. The Bertz CT molecular complexity index is 1600. The Kier molecular flexibility index (Phi) is 7.89. The Balaban J connectivity index is 1.32. The number of carbonyl (C=O) groups is 1. The molecule has 41 heavy (non-hydrogen) atoms. The van der Waals surface area contributed by atoms with Crippen LogP contribution in [0.2, 0.25) is 0 Å². The average Bonchev–Trinajstić information content (AvgIpc) is 3.67. The maximum atomic E-state index is 13.7. The van der Waals surface area contributed by atoms with Gasteiger partial charge in [0.25, 0.3) is 5.91 Å². The van der Waals surface area contributed by atoms with Gasteiger partial charge in [0.15, 0.2) is 11.3 Å². The van der Waals surface area contributed by atoms with E-state index in [9.17, 15) is 9.59 Å². The van der Waals surface area contributed by atoms with Crippen molar-refractivity contribution in [3.05, 3.63) is 81.3 Å². The van der Waals surface area contributed by atoms with Crippen LogP contribution in [-0.4, -0.2) is 59.0 Å². The normalized spacial score (nSPS) is 16.3. The van der Waals surface area contributed by atoms with E-state index in [1.807, 2.05) is 6.07 Å². The third kappa shape index (κ3) is 5.78. The van der Waals surface area contributed by atoms with Crippen LogP contribution in [0.15, 0.2) is 53.5 Å². The maximum absolute atomic E-state index is 13.7. The minimum absolute atomic E-state index is 0.0519. The van der Waals surface area contributed by atoms with Crippen LogP contribution in [0.5, 0.6) is 5.88 Å². The van der Waals surface area contributed by atoms with Crippen molar-refractivity contribution in [3.8, 4) is 17.0 Å². The van der Waals surface area contributed by atoms with Gasteiger partial charge in [-0.15, -0.1) is 0 Å². The third-order valence-corrected chi connectivity index (χ3v) is 8.29. The summed E-state index contributed by atoms with van der Waals surface area (Å²) in [7, 11) is 1.51. The van der Waals surface area contributed by atoms with Crippen molar-refractivity contribution < 1.29 is 14.3 Å². The predicted octanol–water partition coefficient (Wildman–Crippen LogP) is 4.59. The van der Waals surface area contributed by atoms with E-state index in [-0.39, 0.29) is 17.9 Å². The van der Waals surface area contributed by atoms with E-state index >= 15 is 0 Å². The first-order valence-electron chi connectivity index (χ1n) is 14.5. The molecule has 2 N–H and O–H groups in total. The Hall–Kier alpha value is -3.95. The fraction of sp³-hybridized carbons (Fsp3) is 0.406. The molecule has 1 saturated heterocycles. The molecule has 0 bridgehead atoms. The molecule has 2 aromatic carbocycles. The summed E-state index contributed by atoms with van der Waals surface area (Å²) in [5, 5.41) is 8.52. The topological polar surface area (TPSA) is 101 Å². The molecule has 0 atom stereocenters. The highest BCUT2D eigenvalue weighted by molar-refractivity contribution is 6.08. The van der Waals surface area contributed by atoms with Crippen molar-refractivity contribution in [2.45, 2.75) is 51.7 Å². The van der Waals surface area contributed by atoms with Gasteiger partial charge in [-0.2, -0.15) is 5.10 Å². The molecule has 1 amide bonds. The van der Waals surface area contributed by atoms with E-state index in [1.165, 1.54) is 31.6 Å². The highest BCUT2D eigenvalue weighted by Gasteiger charge is 2.23. The van der Waals surface area contributed by atoms with Crippen LogP contribution < -0.4 is 15.5 Å². The molecule has 1 aliphatic heterocycles. The molecular formula is C32H37N5O4. The van der Waals surface area contributed by atoms with E-state index in [2.05, 4.69) is 50.2 Å². The largest absolute Gasteiger partial charge is 0.482 e. The Morgan fingerprint density at radius 1 is 1.10 bits per heavy atom. The monoisotopic (exact) mass is 555 g/mol. The molecule has 2 aliphatic rings. The van der Waals surface area contributed by atoms with Crippen LogP contribution in [-0.2, 0) is 17.8 Å². The number of fused-ring (bicyclic) bond motifs is 1. The Morgan fingerprint density at radius 2 is 1.85 bits per heavy atom. The minimum Gasteiger partial charge on any atom is -0.482 e. The number of benzene rings is 2. The molecule has 0 spiro atoms. The summed E-state index contributed by atoms with van der Waals surface area (Å²) in [6, 6.07) is 14.5. The summed E-state index contributed by atoms with van der Waals surface area (Å²) < 4.78 is 13.0. The first kappa shape index (κ1) is 27.2. The number of pyridine rings is 1. The lowest BCUT2D eigenvalue weighted by molar-refractivity contribution is 0.0342. The molecule has 1 saturated carbocycles. The second-order valence-electron chi connectivity index (χ2n) is 11.1. The number of ether oxygens (including phenoxy) is 2. The van der Waals surface area contributed by atoms with Crippen molar-refractivity contribution in [2.24, 2.45) is 0 Å². The van der Waals surface area contributed by atoms with Crippen LogP contribution in [0.25, 0.3) is 22.0 Å². The van der Waals surface area contributed by atoms with Crippen molar-refractivity contribution in [1.82, 2.24) is 25.0 Å². The lowest BCUT2D eigenvalue weighted by atomic mass is 9.98. The summed E-state index contributed by atoms with van der Waals surface area (Å²) in [5.74, 6) is 0.106. The van der Waals surface area contributed by atoms with E-state index < -0.39 is 0 Å². The van der Waals surface area contributed by atoms with Gasteiger partial charge in [0.2, 0.25) is 0 Å². The number of aromatic nitrogens is 3. The quantitative estimate of drug-likeness (QED) is 0.330. The summed E-state index contributed by atoms with van der Waals surface area (Å²) in [4.78, 5) is 31.8. The number of hydrogen-bond acceptors (Lipinski definition) is 6. The first-order valence-corrected chi connectivity index (χ1v) is 14.5. The SMILES string of the molecule is COc1[nH]c(C)cc(=O)c1CNC(=O)c1cc(-c2ccc(CN3CCOCC3)cc2)cc2c1cnn2C1CCCC1. The lowest BCUT2D eigenvalue weighted by Crippen LogP contribution is -2.35. The van der Waals surface area contributed by atoms with E-state index in [0.29, 0.717) is 28.7 Å². The van der Waals surface area contributed by atoms with Gasteiger partial charge in [-0.1, -0.05) is 37.1 Å². The number of rotatable bonds is 8. The molecule has 0 unspecified atom stereocenters. The minimum atomic E-state index is -0.256. The van der Waals surface area contributed by atoms with Gasteiger partial charge in [0.1, 0.15) is 0 Å². The molecule has 1 aliphatic carbocycles. The van der Waals surface area contributed by atoms with Crippen molar-refractivity contribution in [2.75, 3.05) is 33.4 Å². The van der Waals surface area contributed by atoms with Crippen LogP contribution in [0, 0.1) is 6.92 Å².